The van der Waals surface area contributed by atoms with Crippen LogP contribution in [0, 0.1) is 0 Å². The second-order valence-corrected chi connectivity index (χ2v) is 16.5. The fraction of sp³-hybridized carbons (Fsp3) is 0. The molecule has 0 aliphatic carbocycles. The number of hydrogen-bond donors (Lipinski definition) is 0. The number of hydrogen-bond acceptors (Lipinski definition) is 5. The third kappa shape index (κ3) is 6.09. The van der Waals surface area contributed by atoms with Crippen LogP contribution in [0.1, 0.15) is 0 Å². The number of para-hydroxylation sites is 1. The number of fused-ring (bicyclic) bond motifs is 6. The molecule has 0 atom stereocenters. The van der Waals surface area contributed by atoms with Gasteiger partial charge in [0.25, 0.3) is 0 Å². The molecule has 0 N–H and O–H groups in total. The van der Waals surface area contributed by atoms with E-state index in [0.29, 0.717) is 17.5 Å². The van der Waals surface area contributed by atoms with Crippen LogP contribution >= 0.6 is 11.3 Å². The first-order chi connectivity index (χ1) is 30.7. The van der Waals surface area contributed by atoms with Crippen molar-refractivity contribution in [2.75, 3.05) is 0 Å². The summed E-state index contributed by atoms with van der Waals surface area (Å²) >= 11 is 1.86. The van der Waals surface area contributed by atoms with Crippen LogP contribution in [0.5, 0.6) is 0 Å². The summed E-state index contributed by atoms with van der Waals surface area (Å²) in [6, 6.07) is 74.4. The van der Waals surface area contributed by atoms with E-state index in [9.17, 15) is 0 Å². The lowest BCUT2D eigenvalue weighted by molar-refractivity contribution is 0.669. The minimum Gasteiger partial charge on any atom is -0.456 e. The molecule has 0 bridgehead atoms. The average molecular weight is 810 g/mol. The maximum Gasteiger partial charge on any atom is 0.164 e. The number of nitrogens with zero attached hydrogens (tertiary/aromatic N) is 3. The highest BCUT2D eigenvalue weighted by atomic mass is 32.1. The molecular weight excluding hydrogens is 775 g/mol. The van der Waals surface area contributed by atoms with Gasteiger partial charge in [-0.05, 0) is 51.6 Å². The molecule has 9 aromatic carbocycles. The molecule has 3 heterocycles. The Morgan fingerprint density at radius 1 is 0.290 bits per heavy atom. The minimum absolute atomic E-state index is 0.569. The molecule has 0 fully saturated rings. The Bertz CT molecular complexity index is 3630. The summed E-state index contributed by atoms with van der Waals surface area (Å²) in [7, 11) is 0. The fourth-order valence-electron chi connectivity index (χ4n) is 8.91. The lowest BCUT2D eigenvalue weighted by Gasteiger charge is -2.17. The van der Waals surface area contributed by atoms with Gasteiger partial charge in [0.2, 0.25) is 0 Å². The number of thiophene rings is 1. The first-order valence-electron chi connectivity index (χ1n) is 20.8. The van der Waals surface area contributed by atoms with Gasteiger partial charge in [-0.15, -0.1) is 11.3 Å². The first kappa shape index (κ1) is 35.9. The molecule has 0 spiro atoms. The molecule has 0 aliphatic rings. The highest BCUT2D eigenvalue weighted by Crippen LogP contribution is 2.47. The Hall–Kier alpha value is -7.99. The Morgan fingerprint density at radius 2 is 0.774 bits per heavy atom. The zero-order valence-electron chi connectivity index (χ0n) is 33.4. The molecule has 290 valence electrons. The van der Waals surface area contributed by atoms with Crippen LogP contribution in [-0.2, 0) is 0 Å². The van der Waals surface area contributed by atoms with E-state index in [4.69, 9.17) is 19.4 Å². The number of benzene rings is 9. The first-order valence-corrected chi connectivity index (χ1v) is 21.6. The summed E-state index contributed by atoms with van der Waals surface area (Å²) in [6.07, 6.45) is 0. The molecule has 62 heavy (non-hydrogen) atoms. The van der Waals surface area contributed by atoms with Crippen molar-refractivity contribution in [3.05, 3.63) is 212 Å². The molecule has 4 nitrogen and oxygen atoms in total. The zero-order valence-corrected chi connectivity index (χ0v) is 34.2. The van der Waals surface area contributed by atoms with Crippen LogP contribution < -0.4 is 0 Å². The van der Waals surface area contributed by atoms with E-state index in [0.717, 1.165) is 66.4 Å². The smallest absolute Gasteiger partial charge is 0.164 e. The van der Waals surface area contributed by atoms with Crippen LogP contribution in [0.2, 0.25) is 0 Å². The Balaban J connectivity index is 1.11. The van der Waals surface area contributed by atoms with Crippen LogP contribution in [0.3, 0.4) is 0 Å². The number of aromatic nitrogens is 3. The van der Waals surface area contributed by atoms with Gasteiger partial charge in [0.05, 0.1) is 0 Å². The minimum atomic E-state index is 0.569. The molecule has 0 amide bonds. The van der Waals surface area contributed by atoms with Crippen molar-refractivity contribution in [2.24, 2.45) is 0 Å². The maximum absolute atomic E-state index is 6.38. The Labute approximate surface area is 362 Å². The monoisotopic (exact) mass is 809 g/mol. The van der Waals surface area contributed by atoms with Gasteiger partial charge in [0.15, 0.2) is 17.5 Å². The normalized spacial score (nSPS) is 11.5. The van der Waals surface area contributed by atoms with Crippen molar-refractivity contribution in [3.63, 3.8) is 0 Å². The maximum atomic E-state index is 6.38. The van der Waals surface area contributed by atoms with E-state index in [-0.39, 0.29) is 0 Å². The average Bonchev–Trinajstić information content (AvgIpc) is 3.93. The van der Waals surface area contributed by atoms with Crippen molar-refractivity contribution in [1.29, 1.82) is 0 Å². The van der Waals surface area contributed by atoms with Gasteiger partial charge in [-0.2, -0.15) is 0 Å². The molecule has 5 heteroatoms. The summed E-state index contributed by atoms with van der Waals surface area (Å²) in [5, 5.41) is 4.64. The molecule has 0 aliphatic heterocycles. The van der Waals surface area contributed by atoms with Crippen molar-refractivity contribution in [1.82, 2.24) is 15.0 Å². The second kappa shape index (κ2) is 14.9. The third-order valence-corrected chi connectivity index (χ3v) is 13.1. The molecule has 12 rings (SSSR count). The lowest BCUT2D eigenvalue weighted by atomic mass is 9.89. The Kier molecular flexibility index (Phi) is 8.65. The summed E-state index contributed by atoms with van der Waals surface area (Å²) in [4.78, 5) is 16.0. The summed E-state index contributed by atoms with van der Waals surface area (Å²) in [5.74, 6) is 1.76. The van der Waals surface area contributed by atoms with Gasteiger partial charge in [-0.3, -0.25) is 0 Å². The van der Waals surface area contributed by atoms with E-state index in [1.54, 1.807) is 0 Å². The predicted octanol–water partition coefficient (Wildman–Crippen LogP) is 15.8. The van der Waals surface area contributed by atoms with Gasteiger partial charge in [-0.25, -0.2) is 15.0 Å². The molecule has 0 radical (unpaired) electrons. The van der Waals surface area contributed by atoms with Gasteiger partial charge in [0.1, 0.15) is 11.2 Å². The highest BCUT2D eigenvalue weighted by molar-refractivity contribution is 7.26. The van der Waals surface area contributed by atoms with E-state index in [2.05, 4.69) is 188 Å². The van der Waals surface area contributed by atoms with E-state index in [1.165, 1.54) is 36.9 Å². The molecule has 0 unspecified atom stereocenters. The number of furan rings is 1. The van der Waals surface area contributed by atoms with Gasteiger partial charge < -0.3 is 4.42 Å². The second-order valence-electron chi connectivity index (χ2n) is 15.5. The van der Waals surface area contributed by atoms with Gasteiger partial charge in [0, 0.05) is 58.8 Å². The molecule has 0 saturated carbocycles. The molecular formula is C57H35N3OS. The van der Waals surface area contributed by atoms with Gasteiger partial charge in [-0.1, -0.05) is 194 Å². The molecule has 0 saturated heterocycles. The third-order valence-electron chi connectivity index (χ3n) is 11.8. The quantitative estimate of drug-likeness (QED) is 0.161. The van der Waals surface area contributed by atoms with Crippen molar-refractivity contribution in [2.45, 2.75) is 0 Å². The largest absolute Gasteiger partial charge is 0.456 e. The van der Waals surface area contributed by atoms with Crippen molar-refractivity contribution >= 4 is 53.4 Å². The van der Waals surface area contributed by atoms with Crippen LogP contribution in [-0.4, -0.2) is 15.0 Å². The number of rotatable bonds is 7. The van der Waals surface area contributed by atoms with E-state index in [1.807, 2.05) is 35.6 Å². The van der Waals surface area contributed by atoms with E-state index >= 15 is 0 Å². The van der Waals surface area contributed by atoms with Gasteiger partial charge >= 0.3 is 0 Å². The van der Waals surface area contributed by atoms with Crippen LogP contribution in [0.15, 0.2) is 217 Å². The van der Waals surface area contributed by atoms with E-state index < -0.39 is 0 Å². The lowest BCUT2D eigenvalue weighted by Crippen LogP contribution is -2.02. The summed E-state index contributed by atoms with van der Waals surface area (Å²) in [5.41, 5.74) is 13.4. The zero-order chi connectivity index (χ0) is 41.0. The molecule has 3 aromatic heterocycles. The SMILES string of the molecule is c1ccc(-c2ccccc2-c2nc(-c3ccc4c(c3)oc3ccccc34)nc(-c3cccc(-c4cccc5c4sc4c(-c6ccccc6)cccc45)c3-c3ccccc3)n2)cc1. The summed E-state index contributed by atoms with van der Waals surface area (Å²) < 4.78 is 8.91. The Morgan fingerprint density at radius 3 is 1.52 bits per heavy atom. The fourth-order valence-corrected chi connectivity index (χ4v) is 10.3. The highest BCUT2D eigenvalue weighted by Gasteiger charge is 2.23. The van der Waals surface area contributed by atoms with Crippen LogP contribution in [0.4, 0.5) is 0 Å². The van der Waals surface area contributed by atoms with Crippen molar-refractivity contribution in [3.8, 4) is 78.7 Å². The predicted molar refractivity (Wildman–Crippen MR) is 258 cm³/mol. The summed E-state index contributed by atoms with van der Waals surface area (Å²) in [6.45, 7) is 0. The topological polar surface area (TPSA) is 51.8 Å². The van der Waals surface area contributed by atoms with Crippen LogP contribution in [0.25, 0.3) is 121 Å². The van der Waals surface area contributed by atoms with Crippen molar-refractivity contribution < 1.29 is 4.42 Å². The standard InChI is InChI=1S/C57H35N3OS/c1-4-17-36(18-5-1)40-23-10-11-25-48(40)56-58-55(39-33-34-43-42-24-12-13-32-50(42)61-51(43)35-39)59-57(60-56)49-31-15-27-44(52(49)38-21-8-3-9-22-38)45-28-16-30-47-46-29-14-26-41(53(46)62-54(45)47)37-19-6-2-7-20-37/h1-35H. The molecule has 12 aromatic rings.